The molecule has 1 aromatic carbocycles. The summed E-state index contributed by atoms with van der Waals surface area (Å²) in [6, 6.07) is 9.61. The van der Waals surface area contributed by atoms with Crippen LogP contribution in [0.4, 0.5) is 5.82 Å². The van der Waals surface area contributed by atoms with Gasteiger partial charge in [-0.3, -0.25) is 9.89 Å². The number of nitrogens with one attached hydrogen (secondary N) is 1. The Morgan fingerprint density at radius 2 is 2.22 bits per heavy atom. The van der Waals surface area contributed by atoms with Crippen LogP contribution in [0.5, 0.6) is 5.75 Å². The standard InChI is InChI=1S/C17H22N4O2/c1-12-4-6-14(7-5-12)23-11-13-3-2-8-21(10-13)17(22)15-9-16(18)20-19-15/h4-7,9,13H,2-3,8,10-11H2,1H3,(H3,18,19,20)/t13-/m1/s1. The molecule has 0 aliphatic carbocycles. The first-order valence-corrected chi connectivity index (χ1v) is 7.91. The van der Waals surface area contributed by atoms with Crippen molar-refractivity contribution in [1.82, 2.24) is 15.1 Å². The van der Waals surface area contributed by atoms with Crippen LogP contribution in [0.15, 0.2) is 30.3 Å². The minimum absolute atomic E-state index is 0.0470. The van der Waals surface area contributed by atoms with E-state index in [1.807, 2.05) is 29.2 Å². The van der Waals surface area contributed by atoms with Gasteiger partial charge in [-0.05, 0) is 31.9 Å². The predicted molar refractivity (Wildman–Crippen MR) is 88.3 cm³/mol. The quantitative estimate of drug-likeness (QED) is 0.906. The molecule has 1 aromatic heterocycles. The van der Waals surface area contributed by atoms with Crippen LogP contribution in [0.1, 0.15) is 28.9 Å². The highest BCUT2D eigenvalue weighted by atomic mass is 16.5. The molecule has 2 heterocycles. The van der Waals surface area contributed by atoms with Crippen molar-refractivity contribution in [2.45, 2.75) is 19.8 Å². The SMILES string of the molecule is Cc1ccc(OC[C@@H]2CCCN(C(=O)c3cc(N)n[nH]3)C2)cc1. The van der Waals surface area contributed by atoms with E-state index in [-0.39, 0.29) is 5.91 Å². The number of piperidine rings is 1. The first kappa shape index (κ1) is 15.4. The minimum atomic E-state index is -0.0470. The molecule has 1 aliphatic rings. The van der Waals surface area contributed by atoms with Gasteiger partial charge in [0.05, 0.1) is 6.61 Å². The molecular weight excluding hydrogens is 292 g/mol. The van der Waals surface area contributed by atoms with Gasteiger partial charge in [0.15, 0.2) is 0 Å². The lowest BCUT2D eigenvalue weighted by Crippen LogP contribution is -2.41. The number of nitrogens with zero attached hydrogens (tertiary/aromatic N) is 2. The van der Waals surface area contributed by atoms with Crippen molar-refractivity contribution < 1.29 is 9.53 Å². The second-order valence-electron chi connectivity index (χ2n) is 6.09. The fourth-order valence-electron chi connectivity index (χ4n) is 2.85. The van der Waals surface area contributed by atoms with Gasteiger partial charge >= 0.3 is 0 Å². The number of hydrogen-bond acceptors (Lipinski definition) is 4. The number of hydrogen-bond donors (Lipinski definition) is 2. The summed E-state index contributed by atoms with van der Waals surface area (Å²) in [5.41, 5.74) is 7.22. The fourth-order valence-corrected chi connectivity index (χ4v) is 2.85. The average Bonchev–Trinajstić information content (AvgIpc) is 3.00. The van der Waals surface area contributed by atoms with Gasteiger partial charge in [0.2, 0.25) is 0 Å². The first-order chi connectivity index (χ1) is 11.1. The molecule has 3 N–H and O–H groups in total. The minimum Gasteiger partial charge on any atom is -0.493 e. The molecule has 0 radical (unpaired) electrons. The van der Waals surface area contributed by atoms with Crippen molar-refractivity contribution in [3.63, 3.8) is 0 Å². The molecule has 6 nitrogen and oxygen atoms in total. The van der Waals surface area contributed by atoms with Crippen LogP contribution in [0.2, 0.25) is 0 Å². The van der Waals surface area contributed by atoms with E-state index in [2.05, 4.69) is 17.1 Å². The Morgan fingerprint density at radius 1 is 1.43 bits per heavy atom. The first-order valence-electron chi connectivity index (χ1n) is 7.91. The van der Waals surface area contributed by atoms with Gasteiger partial charge in [0.25, 0.3) is 5.91 Å². The molecular formula is C17H22N4O2. The van der Waals surface area contributed by atoms with Crippen molar-refractivity contribution in [1.29, 1.82) is 0 Å². The zero-order valence-corrected chi connectivity index (χ0v) is 13.3. The van der Waals surface area contributed by atoms with E-state index < -0.39 is 0 Å². The van der Waals surface area contributed by atoms with Crippen molar-refractivity contribution in [2.24, 2.45) is 5.92 Å². The van der Waals surface area contributed by atoms with Gasteiger partial charge in [0, 0.05) is 25.1 Å². The maximum Gasteiger partial charge on any atom is 0.271 e. The topological polar surface area (TPSA) is 84.2 Å². The summed E-state index contributed by atoms with van der Waals surface area (Å²) >= 11 is 0. The Hall–Kier alpha value is -2.50. The second kappa shape index (κ2) is 6.73. The molecule has 6 heteroatoms. The number of aromatic amines is 1. The molecule has 0 unspecified atom stereocenters. The lowest BCUT2D eigenvalue weighted by atomic mass is 9.98. The number of nitrogens with two attached hydrogens (primary N) is 1. The molecule has 0 saturated carbocycles. The Balaban J connectivity index is 1.55. The number of benzene rings is 1. The molecule has 2 aromatic rings. The van der Waals surface area contributed by atoms with Gasteiger partial charge in [-0.2, -0.15) is 5.10 Å². The van der Waals surface area contributed by atoms with Crippen LogP contribution < -0.4 is 10.5 Å². The van der Waals surface area contributed by atoms with Crippen molar-refractivity contribution in [3.05, 3.63) is 41.6 Å². The summed E-state index contributed by atoms with van der Waals surface area (Å²) in [4.78, 5) is 14.3. The van der Waals surface area contributed by atoms with Crippen LogP contribution in [0, 0.1) is 12.8 Å². The highest BCUT2D eigenvalue weighted by molar-refractivity contribution is 5.93. The van der Waals surface area contributed by atoms with E-state index in [1.54, 1.807) is 6.07 Å². The fraction of sp³-hybridized carbons (Fsp3) is 0.412. The molecule has 0 spiro atoms. The number of ether oxygens (including phenoxy) is 1. The summed E-state index contributed by atoms with van der Waals surface area (Å²) in [6.45, 7) is 4.14. The van der Waals surface area contributed by atoms with Gasteiger partial charge in [-0.1, -0.05) is 17.7 Å². The number of H-pyrrole nitrogens is 1. The zero-order chi connectivity index (χ0) is 16.2. The molecule has 1 aliphatic heterocycles. The van der Waals surface area contributed by atoms with Crippen LogP contribution in [-0.4, -0.2) is 40.7 Å². The van der Waals surface area contributed by atoms with E-state index in [1.165, 1.54) is 5.56 Å². The Labute approximate surface area is 135 Å². The lowest BCUT2D eigenvalue weighted by Gasteiger charge is -2.32. The average molecular weight is 314 g/mol. The van der Waals surface area contributed by atoms with Crippen molar-refractivity contribution in [3.8, 4) is 5.75 Å². The molecule has 122 valence electrons. The van der Waals surface area contributed by atoms with Crippen molar-refractivity contribution >= 4 is 11.7 Å². The highest BCUT2D eigenvalue weighted by Crippen LogP contribution is 2.20. The lowest BCUT2D eigenvalue weighted by molar-refractivity contribution is 0.0627. The molecule has 3 rings (SSSR count). The van der Waals surface area contributed by atoms with Gasteiger partial charge < -0.3 is 15.4 Å². The monoisotopic (exact) mass is 314 g/mol. The number of amides is 1. The molecule has 1 amide bonds. The number of rotatable bonds is 4. The van der Waals surface area contributed by atoms with Crippen LogP contribution in [0.25, 0.3) is 0 Å². The number of likely N-dealkylation sites (tertiary alicyclic amines) is 1. The molecule has 1 saturated heterocycles. The summed E-state index contributed by atoms with van der Waals surface area (Å²) in [6.07, 6.45) is 2.05. The number of anilines is 1. The van der Waals surface area contributed by atoms with Gasteiger partial charge in [-0.25, -0.2) is 0 Å². The van der Waals surface area contributed by atoms with Gasteiger partial charge in [0.1, 0.15) is 17.3 Å². The number of carbonyl (C=O) groups is 1. The van der Waals surface area contributed by atoms with E-state index in [0.29, 0.717) is 30.6 Å². The third kappa shape index (κ3) is 3.83. The Morgan fingerprint density at radius 3 is 2.91 bits per heavy atom. The van der Waals surface area contributed by atoms with E-state index in [0.717, 1.165) is 25.1 Å². The predicted octanol–water partition coefficient (Wildman–Crippen LogP) is 2.23. The normalized spacial score (nSPS) is 18.0. The number of aryl methyl sites for hydroxylation is 1. The highest BCUT2D eigenvalue weighted by Gasteiger charge is 2.25. The van der Waals surface area contributed by atoms with Crippen LogP contribution >= 0.6 is 0 Å². The third-order valence-electron chi connectivity index (χ3n) is 4.14. The zero-order valence-electron chi connectivity index (χ0n) is 13.3. The second-order valence-corrected chi connectivity index (χ2v) is 6.09. The molecule has 1 fully saturated rings. The van der Waals surface area contributed by atoms with Gasteiger partial charge in [-0.15, -0.1) is 0 Å². The maximum atomic E-state index is 12.4. The van der Waals surface area contributed by atoms with Crippen LogP contribution in [-0.2, 0) is 0 Å². The number of aromatic nitrogens is 2. The Bertz CT molecular complexity index is 665. The van der Waals surface area contributed by atoms with Crippen molar-refractivity contribution in [2.75, 3.05) is 25.4 Å². The summed E-state index contributed by atoms with van der Waals surface area (Å²) in [5, 5.41) is 6.50. The van der Waals surface area contributed by atoms with E-state index in [4.69, 9.17) is 10.5 Å². The maximum absolute atomic E-state index is 12.4. The van der Waals surface area contributed by atoms with E-state index in [9.17, 15) is 4.79 Å². The Kier molecular flexibility index (Phi) is 4.50. The molecule has 23 heavy (non-hydrogen) atoms. The third-order valence-corrected chi connectivity index (χ3v) is 4.14. The van der Waals surface area contributed by atoms with Crippen LogP contribution in [0.3, 0.4) is 0 Å². The summed E-state index contributed by atoms with van der Waals surface area (Å²) in [5.74, 6) is 1.51. The summed E-state index contributed by atoms with van der Waals surface area (Å²) in [7, 11) is 0. The smallest absolute Gasteiger partial charge is 0.271 e. The molecule has 1 atom stereocenters. The summed E-state index contributed by atoms with van der Waals surface area (Å²) < 4.78 is 5.86. The number of carbonyl (C=O) groups excluding carboxylic acids is 1. The molecule has 0 bridgehead atoms. The largest absolute Gasteiger partial charge is 0.493 e. The number of nitrogen functional groups attached to an aromatic ring is 1. The van der Waals surface area contributed by atoms with E-state index >= 15 is 0 Å².